The number of hydrogen-bond donors (Lipinski definition) is 1. The van der Waals surface area contributed by atoms with Gasteiger partial charge >= 0.3 is 0 Å². The molecule has 0 aliphatic carbocycles. The SMILES string of the molecule is CCC(CC)NN1C(C)=CC=CC1Oc1c(C)cc(C)cc1C. The lowest BCUT2D eigenvalue weighted by Gasteiger charge is -2.37. The second-order valence-electron chi connectivity index (χ2n) is 6.44. The van der Waals surface area contributed by atoms with Crippen LogP contribution >= 0.6 is 0 Å². The lowest BCUT2D eigenvalue weighted by Crippen LogP contribution is -2.51. The van der Waals surface area contributed by atoms with Gasteiger partial charge in [-0.05, 0) is 63.8 Å². The van der Waals surface area contributed by atoms with Gasteiger partial charge in [-0.1, -0.05) is 37.6 Å². The molecule has 0 radical (unpaired) electrons. The highest BCUT2D eigenvalue weighted by atomic mass is 16.5. The van der Waals surface area contributed by atoms with E-state index in [0.29, 0.717) is 6.04 Å². The number of allylic oxidation sites excluding steroid dienone is 3. The summed E-state index contributed by atoms with van der Waals surface area (Å²) in [4.78, 5) is 0. The molecule has 1 aliphatic rings. The molecule has 3 heteroatoms. The molecule has 1 aromatic carbocycles. The smallest absolute Gasteiger partial charge is 0.205 e. The van der Waals surface area contributed by atoms with Crippen molar-refractivity contribution in [2.75, 3.05) is 0 Å². The highest BCUT2D eigenvalue weighted by Gasteiger charge is 2.23. The summed E-state index contributed by atoms with van der Waals surface area (Å²) in [5.74, 6) is 0.983. The first kappa shape index (κ1) is 17.6. The van der Waals surface area contributed by atoms with Gasteiger partial charge in [0.15, 0.2) is 0 Å². The molecule has 1 heterocycles. The highest BCUT2D eigenvalue weighted by Crippen LogP contribution is 2.28. The molecular weight excluding hydrogens is 284 g/mol. The van der Waals surface area contributed by atoms with Crippen LogP contribution in [0.15, 0.2) is 36.1 Å². The fourth-order valence-electron chi connectivity index (χ4n) is 3.07. The molecule has 0 bridgehead atoms. The lowest BCUT2D eigenvalue weighted by atomic mass is 10.1. The first-order valence-electron chi connectivity index (χ1n) is 8.61. The summed E-state index contributed by atoms with van der Waals surface area (Å²) in [5.41, 5.74) is 8.43. The Kier molecular flexibility index (Phi) is 5.89. The standard InChI is InChI=1S/C20H30N2O/c1-7-18(8-2)21-22-17(6)10-9-11-19(22)23-20-15(4)12-14(3)13-16(20)5/h9-13,18-19,21H,7-8H2,1-6H3. The zero-order valence-electron chi connectivity index (χ0n) is 15.3. The fraction of sp³-hybridized carbons (Fsp3) is 0.500. The Labute approximate surface area is 141 Å². The van der Waals surface area contributed by atoms with Crippen molar-refractivity contribution in [3.63, 3.8) is 0 Å². The van der Waals surface area contributed by atoms with E-state index in [1.54, 1.807) is 0 Å². The molecule has 23 heavy (non-hydrogen) atoms. The molecule has 0 spiro atoms. The van der Waals surface area contributed by atoms with E-state index in [1.807, 2.05) is 0 Å². The number of nitrogens with one attached hydrogen (secondary N) is 1. The van der Waals surface area contributed by atoms with Crippen molar-refractivity contribution >= 4 is 0 Å². The minimum absolute atomic E-state index is 0.124. The Balaban J connectivity index is 2.23. The summed E-state index contributed by atoms with van der Waals surface area (Å²) in [6.45, 7) is 12.9. The van der Waals surface area contributed by atoms with Gasteiger partial charge in [0.1, 0.15) is 5.75 Å². The summed E-state index contributed by atoms with van der Waals surface area (Å²) in [7, 11) is 0. The minimum Gasteiger partial charge on any atom is -0.465 e. The van der Waals surface area contributed by atoms with Crippen molar-refractivity contribution in [3.05, 3.63) is 52.7 Å². The van der Waals surface area contributed by atoms with E-state index in [0.717, 1.165) is 18.6 Å². The van der Waals surface area contributed by atoms with Crippen LogP contribution in [0.5, 0.6) is 5.75 Å². The van der Waals surface area contributed by atoms with Gasteiger partial charge in [0.2, 0.25) is 6.23 Å². The predicted molar refractivity (Wildman–Crippen MR) is 97.3 cm³/mol. The molecule has 1 unspecified atom stereocenters. The number of benzene rings is 1. The minimum atomic E-state index is -0.124. The molecule has 0 saturated heterocycles. The van der Waals surface area contributed by atoms with Gasteiger partial charge in [-0.2, -0.15) is 0 Å². The van der Waals surface area contributed by atoms with E-state index in [1.165, 1.54) is 22.4 Å². The Bertz CT molecular complexity index is 577. The largest absolute Gasteiger partial charge is 0.465 e. The summed E-state index contributed by atoms with van der Waals surface area (Å²) < 4.78 is 6.38. The summed E-state index contributed by atoms with van der Waals surface area (Å²) in [5, 5.41) is 2.15. The van der Waals surface area contributed by atoms with Crippen molar-refractivity contribution in [2.24, 2.45) is 0 Å². The van der Waals surface area contributed by atoms with Crippen LogP contribution in [0.2, 0.25) is 0 Å². The molecule has 0 saturated carbocycles. The van der Waals surface area contributed by atoms with Crippen LogP contribution in [-0.2, 0) is 0 Å². The molecule has 1 N–H and O–H groups in total. The zero-order valence-corrected chi connectivity index (χ0v) is 15.3. The Hall–Kier alpha value is -1.74. The van der Waals surface area contributed by atoms with Crippen molar-refractivity contribution in [3.8, 4) is 5.75 Å². The quantitative estimate of drug-likeness (QED) is 0.817. The summed E-state index contributed by atoms with van der Waals surface area (Å²) in [6, 6.07) is 4.81. The van der Waals surface area contributed by atoms with E-state index in [2.05, 4.69) is 82.3 Å². The van der Waals surface area contributed by atoms with Gasteiger partial charge in [-0.3, -0.25) is 5.01 Å². The van der Waals surface area contributed by atoms with Crippen LogP contribution < -0.4 is 10.2 Å². The summed E-state index contributed by atoms with van der Waals surface area (Å²) in [6.07, 6.45) is 8.36. The number of nitrogens with zero attached hydrogens (tertiary/aromatic N) is 1. The van der Waals surface area contributed by atoms with Crippen molar-refractivity contribution < 1.29 is 4.74 Å². The Morgan fingerprint density at radius 1 is 1.09 bits per heavy atom. The number of hydrogen-bond acceptors (Lipinski definition) is 3. The third kappa shape index (κ3) is 4.17. The maximum Gasteiger partial charge on any atom is 0.205 e. The van der Waals surface area contributed by atoms with Crippen LogP contribution in [0.25, 0.3) is 0 Å². The van der Waals surface area contributed by atoms with Crippen LogP contribution in [0.1, 0.15) is 50.3 Å². The molecule has 0 fully saturated rings. The third-order valence-electron chi connectivity index (χ3n) is 4.40. The van der Waals surface area contributed by atoms with Crippen LogP contribution in [0.4, 0.5) is 0 Å². The van der Waals surface area contributed by atoms with Crippen molar-refractivity contribution in [1.29, 1.82) is 0 Å². The number of hydrazine groups is 1. The van der Waals surface area contributed by atoms with Gasteiger partial charge in [0, 0.05) is 11.7 Å². The van der Waals surface area contributed by atoms with Crippen molar-refractivity contribution in [1.82, 2.24) is 10.4 Å². The number of ether oxygens (including phenoxy) is 1. The Morgan fingerprint density at radius 2 is 1.70 bits per heavy atom. The van der Waals surface area contributed by atoms with Gasteiger partial charge in [-0.15, -0.1) is 0 Å². The Morgan fingerprint density at radius 3 is 2.26 bits per heavy atom. The normalized spacial score (nSPS) is 17.6. The highest BCUT2D eigenvalue weighted by molar-refractivity contribution is 5.43. The molecule has 0 amide bonds. The van der Waals surface area contributed by atoms with Gasteiger partial charge < -0.3 is 4.74 Å². The molecule has 1 aromatic rings. The van der Waals surface area contributed by atoms with E-state index in [-0.39, 0.29) is 6.23 Å². The average Bonchev–Trinajstić information content (AvgIpc) is 2.50. The van der Waals surface area contributed by atoms with Crippen LogP contribution in [0, 0.1) is 20.8 Å². The molecule has 1 aliphatic heterocycles. The molecule has 2 rings (SSSR count). The number of rotatable bonds is 6. The van der Waals surface area contributed by atoms with Crippen LogP contribution in [0.3, 0.4) is 0 Å². The maximum atomic E-state index is 6.38. The second-order valence-corrected chi connectivity index (χ2v) is 6.44. The van der Waals surface area contributed by atoms with E-state index >= 15 is 0 Å². The lowest BCUT2D eigenvalue weighted by molar-refractivity contribution is 0.0331. The first-order chi connectivity index (χ1) is 11.0. The van der Waals surface area contributed by atoms with Crippen LogP contribution in [-0.4, -0.2) is 17.3 Å². The monoisotopic (exact) mass is 314 g/mol. The summed E-state index contributed by atoms with van der Waals surface area (Å²) >= 11 is 0. The van der Waals surface area contributed by atoms with Gasteiger partial charge in [0.05, 0.1) is 0 Å². The topological polar surface area (TPSA) is 24.5 Å². The molecule has 126 valence electrons. The second kappa shape index (κ2) is 7.69. The molecule has 0 aromatic heterocycles. The number of aryl methyl sites for hydroxylation is 3. The maximum absolute atomic E-state index is 6.38. The fourth-order valence-corrected chi connectivity index (χ4v) is 3.07. The van der Waals surface area contributed by atoms with E-state index in [4.69, 9.17) is 4.74 Å². The average molecular weight is 314 g/mol. The van der Waals surface area contributed by atoms with E-state index in [9.17, 15) is 0 Å². The predicted octanol–water partition coefficient (Wildman–Crippen LogP) is 4.79. The van der Waals surface area contributed by atoms with E-state index < -0.39 is 0 Å². The van der Waals surface area contributed by atoms with Gasteiger partial charge in [-0.25, -0.2) is 5.43 Å². The zero-order chi connectivity index (χ0) is 17.0. The molecule has 1 atom stereocenters. The molecule has 3 nitrogen and oxygen atoms in total. The first-order valence-corrected chi connectivity index (χ1v) is 8.61. The van der Waals surface area contributed by atoms with Gasteiger partial charge in [0.25, 0.3) is 0 Å². The third-order valence-corrected chi connectivity index (χ3v) is 4.40. The van der Waals surface area contributed by atoms with Crippen molar-refractivity contribution in [2.45, 2.75) is 66.7 Å². The molecular formula is C20H30N2O.